The SMILES string of the molecule is Cc1cc(CN=C2NC(=O)C(C)(C(C)C)S2)c(C(F)(F)F)o1. The van der Waals surface area contributed by atoms with Gasteiger partial charge in [-0.15, -0.1) is 0 Å². The minimum absolute atomic E-state index is 0.0366. The molecule has 1 unspecified atom stereocenters. The van der Waals surface area contributed by atoms with E-state index in [0.29, 0.717) is 5.17 Å². The molecule has 0 bridgehead atoms. The van der Waals surface area contributed by atoms with Crippen LogP contribution in [0.15, 0.2) is 15.5 Å². The van der Waals surface area contributed by atoms with Gasteiger partial charge in [0.2, 0.25) is 11.7 Å². The van der Waals surface area contributed by atoms with Gasteiger partial charge in [0.25, 0.3) is 0 Å². The highest BCUT2D eigenvalue weighted by Crippen LogP contribution is 2.38. The van der Waals surface area contributed by atoms with Crippen molar-refractivity contribution >= 4 is 22.8 Å². The summed E-state index contributed by atoms with van der Waals surface area (Å²) < 4.78 is 42.6. The Kier molecular flexibility index (Phi) is 4.34. The average Bonchev–Trinajstić information content (AvgIpc) is 2.89. The molecule has 1 fully saturated rings. The van der Waals surface area contributed by atoms with Gasteiger partial charge in [-0.05, 0) is 25.8 Å². The topological polar surface area (TPSA) is 54.6 Å². The lowest BCUT2D eigenvalue weighted by Gasteiger charge is -2.22. The molecule has 0 aliphatic carbocycles. The zero-order valence-electron chi connectivity index (χ0n) is 12.7. The Morgan fingerprint density at radius 2 is 2.09 bits per heavy atom. The Balaban J connectivity index is 2.19. The van der Waals surface area contributed by atoms with Crippen molar-refractivity contribution in [3.8, 4) is 0 Å². The van der Waals surface area contributed by atoms with Crippen LogP contribution in [0.4, 0.5) is 13.2 Å². The van der Waals surface area contributed by atoms with Gasteiger partial charge in [-0.25, -0.2) is 0 Å². The van der Waals surface area contributed by atoms with Gasteiger partial charge in [0.05, 0.1) is 6.54 Å². The lowest BCUT2D eigenvalue weighted by molar-refractivity contribution is -0.154. The number of amides is 1. The first kappa shape index (κ1) is 16.9. The Morgan fingerprint density at radius 1 is 1.45 bits per heavy atom. The van der Waals surface area contributed by atoms with Crippen LogP contribution >= 0.6 is 11.8 Å². The summed E-state index contributed by atoms with van der Waals surface area (Å²) >= 11 is 1.25. The van der Waals surface area contributed by atoms with Crippen molar-refractivity contribution < 1.29 is 22.4 Å². The van der Waals surface area contributed by atoms with E-state index in [-0.39, 0.29) is 29.7 Å². The minimum Gasteiger partial charge on any atom is -0.456 e. The fraction of sp³-hybridized carbons (Fsp3) is 0.571. The zero-order valence-corrected chi connectivity index (χ0v) is 13.5. The van der Waals surface area contributed by atoms with Crippen molar-refractivity contribution in [2.75, 3.05) is 0 Å². The highest BCUT2D eigenvalue weighted by molar-refractivity contribution is 8.16. The molecule has 4 nitrogen and oxygen atoms in total. The van der Waals surface area contributed by atoms with E-state index in [9.17, 15) is 18.0 Å². The first-order valence-corrected chi connectivity index (χ1v) is 7.57. The zero-order chi connectivity index (χ0) is 16.7. The highest BCUT2D eigenvalue weighted by atomic mass is 32.2. The lowest BCUT2D eigenvalue weighted by Crippen LogP contribution is -2.38. The molecule has 2 heterocycles. The number of thioether (sulfide) groups is 1. The maximum absolute atomic E-state index is 12.8. The predicted octanol–water partition coefficient (Wildman–Crippen LogP) is 3.74. The van der Waals surface area contributed by atoms with Gasteiger partial charge >= 0.3 is 6.18 Å². The molecule has 1 aliphatic heterocycles. The number of alkyl halides is 3. The van der Waals surface area contributed by atoms with Gasteiger partial charge in [0.15, 0.2) is 5.17 Å². The van der Waals surface area contributed by atoms with Crippen LogP contribution in [-0.4, -0.2) is 15.8 Å². The van der Waals surface area contributed by atoms with Gasteiger partial charge < -0.3 is 9.73 Å². The quantitative estimate of drug-likeness (QED) is 0.916. The standard InChI is InChI=1S/C14H17F3N2O2S/c1-7(2)13(4)11(20)19-12(22-13)18-6-9-5-8(3)21-10(9)14(15,16)17/h5,7H,6H2,1-4H3,(H,18,19,20). The van der Waals surface area contributed by atoms with E-state index in [1.807, 2.05) is 13.8 Å². The smallest absolute Gasteiger partial charge is 0.449 e. The summed E-state index contributed by atoms with van der Waals surface area (Å²) in [7, 11) is 0. The van der Waals surface area contributed by atoms with Gasteiger partial charge in [0.1, 0.15) is 10.5 Å². The number of rotatable bonds is 3. The van der Waals surface area contributed by atoms with Crippen molar-refractivity contribution in [2.45, 2.75) is 45.2 Å². The molecule has 1 aromatic heterocycles. The first-order valence-electron chi connectivity index (χ1n) is 6.75. The molecule has 22 heavy (non-hydrogen) atoms. The summed E-state index contributed by atoms with van der Waals surface area (Å²) in [6.07, 6.45) is -4.55. The van der Waals surface area contributed by atoms with Crippen molar-refractivity contribution in [1.82, 2.24) is 5.32 Å². The first-order chi connectivity index (χ1) is 10.0. The molecule has 1 amide bonds. The third-order valence-corrected chi connectivity index (χ3v) is 5.17. The number of aliphatic imine (C=N–C) groups is 1. The Labute approximate surface area is 130 Å². The van der Waals surface area contributed by atoms with Gasteiger partial charge in [-0.2, -0.15) is 13.2 Å². The molecular weight excluding hydrogens is 317 g/mol. The second kappa shape index (κ2) is 5.64. The molecular formula is C14H17F3N2O2S. The molecule has 2 rings (SSSR count). The summed E-state index contributed by atoms with van der Waals surface area (Å²) in [5.41, 5.74) is -0.0366. The van der Waals surface area contributed by atoms with Crippen LogP contribution in [-0.2, 0) is 17.5 Å². The fourth-order valence-electron chi connectivity index (χ4n) is 2.03. The van der Waals surface area contributed by atoms with Crippen LogP contribution in [0.5, 0.6) is 0 Å². The molecule has 8 heteroatoms. The van der Waals surface area contributed by atoms with Crippen LogP contribution in [0.3, 0.4) is 0 Å². The maximum Gasteiger partial charge on any atom is 0.449 e. The summed E-state index contributed by atoms with van der Waals surface area (Å²) in [5, 5.41) is 2.96. The van der Waals surface area contributed by atoms with Crippen molar-refractivity contribution in [2.24, 2.45) is 10.9 Å². The van der Waals surface area contributed by atoms with Crippen molar-refractivity contribution in [3.05, 3.63) is 23.2 Å². The van der Waals surface area contributed by atoms with E-state index >= 15 is 0 Å². The maximum atomic E-state index is 12.8. The number of carbonyl (C=O) groups is 1. The van der Waals surface area contributed by atoms with E-state index in [2.05, 4.69) is 10.3 Å². The molecule has 1 N–H and O–H groups in total. The molecule has 1 atom stereocenters. The second-order valence-electron chi connectivity index (χ2n) is 5.65. The Morgan fingerprint density at radius 3 is 2.59 bits per heavy atom. The largest absolute Gasteiger partial charge is 0.456 e. The van der Waals surface area contributed by atoms with Crippen LogP contribution < -0.4 is 5.32 Å². The number of nitrogens with one attached hydrogen (secondary N) is 1. The summed E-state index contributed by atoms with van der Waals surface area (Å²) in [5.74, 6) is -0.953. The molecule has 1 aromatic rings. The number of amidine groups is 1. The van der Waals surface area contributed by atoms with Crippen LogP contribution in [0.2, 0.25) is 0 Å². The summed E-state index contributed by atoms with van der Waals surface area (Å²) in [6, 6.07) is 1.32. The number of hydrogen-bond acceptors (Lipinski definition) is 4. The highest BCUT2D eigenvalue weighted by Gasteiger charge is 2.45. The van der Waals surface area contributed by atoms with E-state index in [4.69, 9.17) is 4.42 Å². The molecule has 122 valence electrons. The molecule has 1 saturated heterocycles. The number of halogens is 3. The van der Waals surface area contributed by atoms with Crippen LogP contribution in [0.1, 0.15) is 37.9 Å². The molecule has 1 aliphatic rings. The number of carbonyl (C=O) groups excluding carboxylic acids is 1. The number of furan rings is 1. The molecule has 0 aromatic carbocycles. The Hall–Kier alpha value is -1.44. The number of aryl methyl sites for hydroxylation is 1. The van der Waals surface area contributed by atoms with E-state index in [1.165, 1.54) is 24.8 Å². The fourth-order valence-corrected chi connectivity index (χ4v) is 3.08. The van der Waals surface area contributed by atoms with Crippen LogP contribution in [0, 0.1) is 12.8 Å². The third kappa shape index (κ3) is 3.16. The summed E-state index contributed by atoms with van der Waals surface area (Å²) in [6.45, 7) is 6.88. The number of hydrogen-bond donors (Lipinski definition) is 1. The second-order valence-corrected chi connectivity index (χ2v) is 7.09. The van der Waals surface area contributed by atoms with E-state index in [0.717, 1.165) is 0 Å². The van der Waals surface area contributed by atoms with Gasteiger partial charge in [0, 0.05) is 5.56 Å². The predicted molar refractivity (Wildman–Crippen MR) is 78.6 cm³/mol. The normalized spacial score (nSPS) is 24.4. The van der Waals surface area contributed by atoms with Crippen molar-refractivity contribution in [1.29, 1.82) is 0 Å². The molecule has 0 spiro atoms. The van der Waals surface area contributed by atoms with Gasteiger partial charge in [-0.1, -0.05) is 25.6 Å². The molecule has 0 saturated carbocycles. The van der Waals surface area contributed by atoms with Gasteiger partial charge in [-0.3, -0.25) is 9.79 Å². The minimum atomic E-state index is -4.55. The number of nitrogens with zero attached hydrogens (tertiary/aromatic N) is 1. The summed E-state index contributed by atoms with van der Waals surface area (Å²) in [4.78, 5) is 16.1. The Bertz CT molecular complexity index is 622. The molecule has 0 radical (unpaired) electrons. The van der Waals surface area contributed by atoms with E-state index < -0.39 is 16.7 Å². The average molecular weight is 334 g/mol. The third-order valence-electron chi connectivity index (χ3n) is 3.66. The van der Waals surface area contributed by atoms with E-state index in [1.54, 1.807) is 6.92 Å². The lowest BCUT2D eigenvalue weighted by atomic mass is 9.96. The van der Waals surface area contributed by atoms with Crippen LogP contribution in [0.25, 0.3) is 0 Å². The monoisotopic (exact) mass is 334 g/mol. The van der Waals surface area contributed by atoms with Crippen molar-refractivity contribution in [3.63, 3.8) is 0 Å².